The van der Waals surface area contributed by atoms with Gasteiger partial charge in [0.1, 0.15) is 17.3 Å². The molecule has 5 nitrogen and oxygen atoms in total. The van der Waals surface area contributed by atoms with Crippen LogP contribution in [0.1, 0.15) is 30.0 Å². The van der Waals surface area contributed by atoms with Gasteiger partial charge in [0.15, 0.2) is 0 Å². The zero-order valence-electron chi connectivity index (χ0n) is 17.1. The van der Waals surface area contributed by atoms with Crippen molar-refractivity contribution < 1.29 is 18.7 Å². The molecule has 158 valence electrons. The molecule has 1 aliphatic carbocycles. The van der Waals surface area contributed by atoms with E-state index in [9.17, 15) is 9.18 Å². The summed E-state index contributed by atoms with van der Waals surface area (Å²) in [6.45, 7) is 2.63. The SMILES string of the molecule is COc1ccc(CNC(=O)[C@@H]2CN(CC3CC3)[C@H]3c4cc(F)ccc4OC[C@@H]23)cc1. The highest BCUT2D eigenvalue weighted by Gasteiger charge is 2.49. The van der Waals surface area contributed by atoms with Crippen LogP contribution in [0.3, 0.4) is 0 Å². The Hall–Kier alpha value is -2.60. The van der Waals surface area contributed by atoms with Gasteiger partial charge in [0, 0.05) is 37.2 Å². The Morgan fingerprint density at radius 3 is 2.77 bits per heavy atom. The fourth-order valence-electron chi connectivity index (χ4n) is 4.86. The number of benzene rings is 2. The molecule has 30 heavy (non-hydrogen) atoms. The number of halogens is 1. The molecule has 2 aromatic rings. The number of carbonyl (C=O) groups is 1. The third-order valence-corrected chi connectivity index (χ3v) is 6.62. The van der Waals surface area contributed by atoms with Crippen molar-refractivity contribution >= 4 is 5.91 Å². The first-order valence-electron chi connectivity index (χ1n) is 10.7. The van der Waals surface area contributed by atoms with Crippen LogP contribution in [0.25, 0.3) is 0 Å². The van der Waals surface area contributed by atoms with Gasteiger partial charge < -0.3 is 14.8 Å². The number of rotatable bonds is 6. The highest BCUT2D eigenvalue weighted by molar-refractivity contribution is 5.80. The second kappa shape index (κ2) is 7.91. The van der Waals surface area contributed by atoms with E-state index >= 15 is 0 Å². The minimum atomic E-state index is -0.253. The Morgan fingerprint density at radius 2 is 2.03 bits per heavy atom. The minimum Gasteiger partial charge on any atom is -0.497 e. The van der Waals surface area contributed by atoms with Crippen molar-refractivity contribution in [1.29, 1.82) is 0 Å². The predicted molar refractivity (Wildman–Crippen MR) is 111 cm³/mol. The van der Waals surface area contributed by atoms with Gasteiger partial charge in [-0.05, 0) is 54.7 Å². The average Bonchev–Trinajstić information content (AvgIpc) is 3.51. The predicted octanol–water partition coefficient (Wildman–Crippen LogP) is 3.54. The lowest BCUT2D eigenvalue weighted by molar-refractivity contribution is -0.126. The average molecular weight is 410 g/mol. The van der Waals surface area contributed by atoms with Crippen LogP contribution in [0.15, 0.2) is 42.5 Å². The van der Waals surface area contributed by atoms with E-state index in [0.717, 1.165) is 29.2 Å². The van der Waals surface area contributed by atoms with E-state index in [0.29, 0.717) is 25.6 Å². The third kappa shape index (κ3) is 3.76. The molecule has 0 aromatic heterocycles. The van der Waals surface area contributed by atoms with Crippen molar-refractivity contribution in [3.05, 3.63) is 59.4 Å². The number of amides is 1. The van der Waals surface area contributed by atoms with E-state index in [1.165, 1.54) is 18.9 Å². The quantitative estimate of drug-likeness (QED) is 0.792. The highest BCUT2D eigenvalue weighted by atomic mass is 19.1. The molecule has 1 saturated heterocycles. The molecule has 1 saturated carbocycles. The normalized spacial score (nSPS) is 25.2. The molecule has 6 heteroatoms. The molecule has 1 amide bonds. The van der Waals surface area contributed by atoms with Crippen LogP contribution < -0.4 is 14.8 Å². The van der Waals surface area contributed by atoms with Crippen LogP contribution in [0.4, 0.5) is 4.39 Å². The summed E-state index contributed by atoms with van der Waals surface area (Å²) in [6.07, 6.45) is 2.49. The Labute approximate surface area is 176 Å². The van der Waals surface area contributed by atoms with Crippen LogP contribution in [0, 0.1) is 23.6 Å². The summed E-state index contributed by atoms with van der Waals surface area (Å²) in [5, 5.41) is 3.10. The first-order valence-corrected chi connectivity index (χ1v) is 10.7. The van der Waals surface area contributed by atoms with Crippen LogP contribution in [0.2, 0.25) is 0 Å². The van der Waals surface area contributed by atoms with Gasteiger partial charge in [0.05, 0.1) is 19.6 Å². The lowest BCUT2D eigenvalue weighted by atomic mass is 9.84. The standard InChI is InChI=1S/C24H27FN2O3/c1-29-18-7-4-15(5-8-18)11-26-24(28)20-13-27(12-16-2-3-16)23-19-10-17(25)6-9-22(19)30-14-21(20)23/h4-10,16,20-21,23H,2-3,11-14H2,1H3,(H,26,28)/t20-,21+,23+/m1/s1. The van der Waals surface area contributed by atoms with Crippen LogP contribution >= 0.6 is 0 Å². The zero-order valence-corrected chi connectivity index (χ0v) is 17.1. The van der Waals surface area contributed by atoms with Crippen molar-refractivity contribution in [2.45, 2.75) is 25.4 Å². The van der Waals surface area contributed by atoms with E-state index in [4.69, 9.17) is 9.47 Å². The second-order valence-electron chi connectivity index (χ2n) is 8.67. The number of methoxy groups -OCH3 is 1. The van der Waals surface area contributed by atoms with E-state index < -0.39 is 0 Å². The van der Waals surface area contributed by atoms with Crippen molar-refractivity contribution in [2.24, 2.45) is 17.8 Å². The summed E-state index contributed by atoms with van der Waals surface area (Å²) >= 11 is 0. The van der Waals surface area contributed by atoms with Gasteiger partial charge >= 0.3 is 0 Å². The first-order chi connectivity index (χ1) is 14.6. The van der Waals surface area contributed by atoms with Crippen molar-refractivity contribution in [3.63, 3.8) is 0 Å². The monoisotopic (exact) mass is 410 g/mol. The number of nitrogens with zero attached hydrogens (tertiary/aromatic N) is 1. The molecule has 5 rings (SSSR count). The highest BCUT2D eigenvalue weighted by Crippen LogP contribution is 2.49. The number of hydrogen-bond donors (Lipinski definition) is 1. The van der Waals surface area contributed by atoms with E-state index in [2.05, 4.69) is 10.2 Å². The molecule has 0 unspecified atom stereocenters. The van der Waals surface area contributed by atoms with E-state index in [1.807, 2.05) is 24.3 Å². The van der Waals surface area contributed by atoms with Gasteiger partial charge in [0.25, 0.3) is 0 Å². The maximum Gasteiger partial charge on any atom is 0.225 e. The fraction of sp³-hybridized carbons (Fsp3) is 0.458. The van der Waals surface area contributed by atoms with E-state index in [1.54, 1.807) is 19.2 Å². The van der Waals surface area contributed by atoms with Gasteiger partial charge in [-0.3, -0.25) is 9.69 Å². The van der Waals surface area contributed by atoms with Crippen molar-refractivity contribution in [1.82, 2.24) is 10.2 Å². The number of fused-ring (bicyclic) bond motifs is 3. The van der Waals surface area contributed by atoms with Crippen molar-refractivity contribution in [2.75, 3.05) is 26.8 Å². The molecule has 0 radical (unpaired) electrons. The van der Waals surface area contributed by atoms with Gasteiger partial charge in [-0.1, -0.05) is 12.1 Å². The van der Waals surface area contributed by atoms with Crippen molar-refractivity contribution in [3.8, 4) is 11.5 Å². The van der Waals surface area contributed by atoms with Gasteiger partial charge in [-0.25, -0.2) is 4.39 Å². The molecule has 3 aliphatic rings. The van der Waals surface area contributed by atoms with Gasteiger partial charge in [0.2, 0.25) is 5.91 Å². The molecular formula is C24H27FN2O3. The Balaban J connectivity index is 1.33. The topological polar surface area (TPSA) is 50.8 Å². The number of carbonyl (C=O) groups excluding carboxylic acids is 1. The third-order valence-electron chi connectivity index (χ3n) is 6.62. The molecule has 1 N–H and O–H groups in total. The van der Waals surface area contributed by atoms with Gasteiger partial charge in [-0.2, -0.15) is 0 Å². The molecule has 2 heterocycles. The second-order valence-corrected chi connectivity index (χ2v) is 8.67. The summed E-state index contributed by atoms with van der Waals surface area (Å²) in [4.78, 5) is 15.5. The number of nitrogens with one attached hydrogen (secondary N) is 1. The lowest BCUT2D eigenvalue weighted by Gasteiger charge is -2.34. The number of likely N-dealkylation sites (tertiary alicyclic amines) is 1. The fourth-order valence-corrected chi connectivity index (χ4v) is 4.86. The zero-order chi connectivity index (χ0) is 20.7. The molecule has 3 atom stereocenters. The van der Waals surface area contributed by atoms with Crippen LogP contribution in [-0.2, 0) is 11.3 Å². The summed E-state index contributed by atoms with van der Waals surface area (Å²) in [6, 6.07) is 12.5. The largest absolute Gasteiger partial charge is 0.497 e. The maximum absolute atomic E-state index is 14.0. The minimum absolute atomic E-state index is 0.0360. The summed E-state index contributed by atoms with van der Waals surface area (Å²) in [5.74, 6) is 1.91. The molecule has 0 bridgehead atoms. The van der Waals surface area contributed by atoms with E-state index in [-0.39, 0.29) is 29.6 Å². The Bertz CT molecular complexity index is 929. The molecule has 2 fully saturated rings. The summed E-state index contributed by atoms with van der Waals surface area (Å²) < 4.78 is 25.1. The summed E-state index contributed by atoms with van der Waals surface area (Å²) in [7, 11) is 1.64. The number of ether oxygens (including phenoxy) is 2. The molecule has 2 aromatic carbocycles. The van der Waals surface area contributed by atoms with Crippen LogP contribution in [-0.4, -0.2) is 37.6 Å². The number of hydrogen-bond acceptors (Lipinski definition) is 4. The Morgan fingerprint density at radius 1 is 1.23 bits per heavy atom. The van der Waals surface area contributed by atoms with Crippen LogP contribution in [0.5, 0.6) is 11.5 Å². The summed E-state index contributed by atoms with van der Waals surface area (Å²) in [5.41, 5.74) is 1.91. The molecular weight excluding hydrogens is 383 g/mol. The lowest BCUT2D eigenvalue weighted by Crippen LogP contribution is -2.38. The molecule has 0 spiro atoms. The first kappa shape index (κ1) is 19.4. The maximum atomic E-state index is 14.0. The smallest absolute Gasteiger partial charge is 0.225 e. The Kier molecular flexibility index (Phi) is 5.11. The van der Waals surface area contributed by atoms with Gasteiger partial charge in [-0.15, -0.1) is 0 Å². The molecule has 2 aliphatic heterocycles.